The summed E-state index contributed by atoms with van der Waals surface area (Å²) in [7, 11) is 1.31. The molecule has 2 saturated carbocycles. The number of unbranched alkanes of at least 4 members (excludes halogenated alkanes) is 1. The number of esters is 1. The third-order valence-electron chi connectivity index (χ3n) is 10.9. The molecule has 1 aromatic carbocycles. The Bertz CT molecular complexity index is 1740. The summed E-state index contributed by atoms with van der Waals surface area (Å²) in [5, 5.41) is 37.3. The number of methoxy groups -OCH3 is 1. The number of rotatable bonds is 17. The molecule has 0 aromatic heterocycles. The number of aliphatic hydroxyl groups is 1. The Morgan fingerprint density at radius 1 is 0.982 bits per heavy atom. The van der Waals surface area contributed by atoms with E-state index in [4.69, 9.17) is 28.8 Å². The zero-order valence-electron chi connectivity index (χ0n) is 31.7. The Hall–Kier alpha value is -5.63. The third-order valence-corrected chi connectivity index (χ3v) is 10.9. The number of aliphatic carboxylic acids is 1. The van der Waals surface area contributed by atoms with E-state index in [0.717, 1.165) is 18.4 Å². The Kier molecular flexibility index (Phi) is 15.1. The van der Waals surface area contributed by atoms with Gasteiger partial charge in [0, 0.05) is 23.2 Å². The van der Waals surface area contributed by atoms with E-state index < -0.39 is 63.7 Å². The second-order valence-corrected chi connectivity index (χ2v) is 14.4. The maximum absolute atomic E-state index is 13.4. The number of nitrogens with zero attached hydrogens (tertiary/aromatic N) is 2. The minimum Gasteiger partial charge on any atom is -0.493 e. The molecule has 0 spiro atoms. The average molecular weight is 807 g/mol. The molecule has 57 heavy (non-hydrogen) atoms. The number of carboxylic acid groups (broad SMARTS) is 1. The average Bonchev–Trinajstić information content (AvgIpc) is 3.50. The highest BCUT2D eigenvalue weighted by Gasteiger charge is 2.63. The van der Waals surface area contributed by atoms with Crippen LogP contribution in [0.4, 0.5) is 4.79 Å². The van der Waals surface area contributed by atoms with Crippen LogP contribution in [0.2, 0.25) is 0 Å². The molecule has 0 amide bonds. The van der Waals surface area contributed by atoms with Gasteiger partial charge in [-0.2, -0.15) is 0 Å². The summed E-state index contributed by atoms with van der Waals surface area (Å²) in [5.41, 5.74) is 0.0375. The molecule has 312 valence electrons. The summed E-state index contributed by atoms with van der Waals surface area (Å²) in [6, 6.07) is 3.99. The highest BCUT2D eigenvalue weighted by Crippen LogP contribution is 2.63. The van der Waals surface area contributed by atoms with Gasteiger partial charge in [-0.25, -0.2) is 9.59 Å². The fraction of sp³-hybridized carbons (Fsp3) is 0.595. The number of Topliss-reactive ketones (excluding diaryl/α,β-unsaturated/α-hetero) is 1. The van der Waals surface area contributed by atoms with E-state index >= 15 is 0 Å². The van der Waals surface area contributed by atoms with E-state index in [0.29, 0.717) is 25.9 Å². The summed E-state index contributed by atoms with van der Waals surface area (Å²) >= 11 is 0. The number of carbonyl (C=O) groups excluding carboxylic acids is 4. The third kappa shape index (κ3) is 11.0. The van der Waals surface area contributed by atoms with Crippen LogP contribution in [0, 0.1) is 48.8 Å². The molecule has 4 aliphatic rings. The van der Waals surface area contributed by atoms with Crippen molar-refractivity contribution < 1.29 is 77.7 Å². The second-order valence-electron chi connectivity index (χ2n) is 14.4. The molecule has 20 heteroatoms. The van der Waals surface area contributed by atoms with Crippen molar-refractivity contribution in [2.75, 3.05) is 40.1 Å². The molecule has 1 heterocycles. The van der Waals surface area contributed by atoms with Gasteiger partial charge in [-0.15, -0.1) is 20.2 Å². The molecular weight excluding hydrogens is 760 g/mol. The number of allylic oxidation sites excluding steroid dienone is 4. The molecule has 1 aliphatic heterocycles. The van der Waals surface area contributed by atoms with Crippen molar-refractivity contribution >= 4 is 29.7 Å². The van der Waals surface area contributed by atoms with Crippen LogP contribution >= 0.6 is 0 Å². The number of benzene rings is 1. The van der Waals surface area contributed by atoms with Crippen LogP contribution in [-0.4, -0.2) is 102 Å². The lowest BCUT2D eigenvalue weighted by Gasteiger charge is -2.57. The summed E-state index contributed by atoms with van der Waals surface area (Å²) < 4.78 is 26.8. The molecule has 7 atom stereocenters. The number of ketones is 2. The highest BCUT2D eigenvalue weighted by molar-refractivity contribution is 6.01. The molecule has 0 bridgehead atoms. The standard InChI is InChI=1S/C33H39NO13.C4H7NO5/c1-32-11-10-21(35)15-20(32)7-8-22-23-17-44-29(33(23,2)16-24(36)28(22)32)25(37)18-45-31(39)47-26-9-6-19(14-27(26)42-3)30(38)43-12-4-5-13-46-34(40)41;6-4(7)2-1-3-10-5(8)9/h6,9-11,14-15,22-24,28-29,36H,4-5,7-8,12-13,16-18H2,1-3H3;1-3H2,(H,6,7). The van der Waals surface area contributed by atoms with Gasteiger partial charge in [-0.3, -0.25) is 14.4 Å². The maximum atomic E-state index is 13.4. The predicted molar refractivity (Wildman–Crippen MR) is 191 cm³/mol. The first-order valence-electron chi connectivity index (χ1n) is 18.2. The van der Waals surface area contributed by atoms with Gasteiger partial charge < -0.3 is 43.6 Å². The van der Waals surface area contributed by atoms with Crippen molar-refractivity contribution in [2.45, 2.75) is 71.0 Å². The second kappa shape index (κ2) is 19.5. The van der Waals surface area contributed by atoms with Crippen molar-refractivity contribution in [3.8, 4) is 11.5 Å². The predicted octanol–water partition coefficient (Wildman–Crippen LogP) is 3.87. The van der Waals surface area contributed by atoms with Gasteiger partial charge in [0.05, 0.1) is 45.2 Å². The van der Waals surface area contributed by atoms with Gasteiger partial charge in [0.25, 0.3) is 10.2 Å². The van der Waals surface area contributed by atoms with Crippen LogP contribution in [-0.2, 0) is 38.3 Å². The van der Waals surface area contributed by atoms with E-state index in [1.54, 1.807) is 12.2 Å². The Balaban J connectivity index is 0.000000635. The lowest BCUT2D eigenvalue weighted by Crippen LogP contribution is -2.58. The molecule has 20 nitrogen and oxygen atoms in total. The molecule has 5 rings (SSSR count). The Morgan fingerprint density at radius 2 is 1.67 bits per heavy atom. The minimum absolute atomic E-state index is 0.00160. The minimum atomic E-state index is -1.16. The van der Waals surface area contributed by atoms with Gasteiger partial charge in [-0.1, -0.05) is 25.5 Å². The van der Waals surface area contributed by atoms with Crippen molar-refractivity contribution in [1.29, 1.82) is 0 Å². The van der Waals surface area contributed by atoms with Crippen molar-refractivity contribution in [3.63, 3.8) is 0 Å². The van der Waals surface area contributed by atoms with Crippen LogP contribution in [0.5, 0.6) is 11.5 Å². The number of carbonyl (C=O) groups is 5. The van der Waals surface area contributed by atoms with Gasteiger partial charge in [0.2, 0.25) is 0 Å². The number of fused-ring (bicyclic) bond motifs is 5. The molecule has 7 unspecified atom stereocenters. The van der Waals surface area contributed by atoms with E-state index in [1.165, 1.54) is 25.3 Å². The fourth-order valence-corrected chi connectivity index (χ4v) is 8.33. The molecule has 3 aliphatic carbocycles. The number of aliphatic hydroxyl groups excluding tert-OH is 1. The molecule has 3 fully saturated rings. The lowest BCUT2D eigenvalue weighted by atomic mass is 9.47. The zero-order chi connectivity index (χ0) is 41.9. The molecule has 2 N–H and O–H groups in total. The normalized spacial score (nSPS) is 26.8. The molecular formula is C37H46N2O18. The zero-order valence-corrected chi connectivity index (χ0v) is 31.7. The summed E-state index contributed by atoms with van der Waals surface area (Å²) in [6.07, 6.45) is 4.99. The first kappa shape index (κ1) is 44.1. The van der Waals surface area contributed by atoms with Crippen LogP contribution in [0.1, 0.15) is 69.2 Å². The van der Waals surface area contributed by atoms with Crippen molar-refractivity contribution in [3.05, 3.63) is 67.8 Å². The topological polar surface area (TPSA) is 277 Å². The molecule has 0 radical (unpaired) electrons. The van der Waals surface area contributed by atoms with Crippen LogP contribution in [0.3, 0.4) is 0 Å². The quantitative estimate of drug-likeness (QED) is 0.0743. The Labute approximate surface area is 326 Å². The van der Waals surface area contributed by atoms with E-state index in [2.05, 4.69) is 16.6 Å². The monoisotopic (exact) mass is 806 g/mol. The van der Waals surface area contributed by atoms with Crippen molar-refractivity contribution in [2.24, 2.45) is 28.6 Å². The van der Waals surface area contributed by atoms with Crippen LogP contribution in [0.15, 0.2) is 42.0 Å². The number of hydrogen-bond donors (Lipinski definition) is 2. The van der Waals surface area contributed by atoms with Gasteiger partial charge in [-0.05, 0) is 80.7 Å². The smallest absolute Gasteiger partial charge is 0.493 e. The SMILES string of the molecule is COc1cc(C(=O)OCCCCO[N+](=O)[O-])ccc1OC(=O)OCC(=O)C1OCC2C3CCC4=CC(=O)C=CC4(C)C3C(O)CC12C.O=C(O)CCCO[N+](=O)[O-]. The number of hydrogen-bond acceptors (Lipinski definition) is 17. The summed E-state index contributed by atoms with van der Waals surface area (Å²) in [4.78, 5) is 87.9. The number of ether oxygens (including phenoxy) is 5. The van der Waals surface area contributed by atoms with Crippen molar-refractivity contribution in [1.82, 2.24) is 0 Å². The van der Waals surface area contributed by atoms with E-state index in [9.17, 15) is 49.3 Å². The highest BCUT2D eigenvalue weighted by atomic mass is 17.0. The van der Waals surface area contributed by atoms with Gasteiger partial charge >= 0.3 is 18.1 Å². The molecule has 1 saturated heterocycles. The van der Waals surface area contributed by atoms with Crippen LogP contribution in [0.25, 0.3) is 0 Å². The van der Waals surface area contributed by atoms with Gasteiger partial charge in [0.15, 0.2) is 29.7 Å². The first-order valence-corrected chi connectivity index (χ1v) is 18.2. The molecule has 1 aromatic rings. The van der Waals surface area contributed by atoms with E-state index in [-0.39, 0.29) is 73.3 Å². The summed E-state index contributed by atoms with van der Waals surface area (Å²) in [5.74, 6) is -2.19. The number of carboxylic acids is 1. The summed E-state index contributed by atoms with van der Waals surface area (Å²) in [6.45, 7) is 3.50. The van der Waals surface area contributed by atoms with Crippen LogP contribution < -0.4 is 9.47 Å². The largest absolute Gasteiger partial charge is 0.514 e. The fourth-order valence-electron chi connectivity index (χ4n) is 8.33. The van der Waals surface area contributed by atoms with Gasteiger partial charge in [0.1, 0.15) is 6.10 Å². The Morgan fingerprint density at radius 3 is 2.33 bits per heavy atom. The lowest BCUT2D eigenvalue weighted by molar-refractivity contribution is -0.757. The first-order chi connectivity index (χ1) is 27.0. The maximum Gasteiger partial charge on any atom is 0.514 e. The van der Waals surface area contributed by atoms with E-state index in [1.807, 2.05) is 13.0 Å².